The molecule has 0 nitrogen and oxygen atoms in total. The summed E-state index contributed by atoms with van der Waals surface area (Å²) in [5.41, 5.74) is 0.697. The van der Waals surface area contributed by atoms with Crippen LogP contribution in [0.1, 0.15) is 26.2 Å². The monoisotopic (exact) mass is 222 g/mol. The molecule has 0 spiro atoms. The summed E-state index contributed by atoms with van der Waals surface area (Å²) in [5, 5.41) is 0. The molecule has 0 amide bonds. The molecule has 1 aliphatic carbocycles. The third-order valence-electron chi connectivity index (χ3n) is 2.54. The fourth-order valence-corrected chi connectivity index (χ4v) is 2.61. The molecule has 0 aromatic heterocycles. The van der Waals surface area contributed by atoms with Crippen molar-refractivity contribution in [2.75, 3.05) is 12.0 Å². The number of alkyl halides is 1. The Morgan fingerprint density at radius 3 is 2.50 bits per heavy atom. The van der Waals surface area contributed by atoms with Crippen molar-refractivity contribution in [3.8, 4) is 0 Å². The first kappa shape index (κ1) is 8.92. The highest BCUT2D eigenvalue weighted by molar-refractivity contribution is 9.09. The minimum atomic E-state index is 0.697. The van der Waals surface area contributed by atoms with Crippen molar-refractivity contribution in [2.24, 2.45) is 5.41 Å². The van der Waals surface area contributed by atoms with Crippen LogP contribution in [-0.4, -0.2) is 16.8 Å². The second kappa shape index (κ2) is 3.48. The van der Waals surface area contributed by atoms with Gasteiger partial charge in [-0.3, -0.25) is 0 Å². The quantitative estimate of drug-likeness (QED) is 0.659. The van der Waals surface area contributed by atoms with Gasteiger partial charge in [-0.2, -0.15) is 11.8 Å². The number of halogens is 1. The Kier molecular flexibility index (Phi) is 3.11. The lowest BCUT2D eigenvalue weighted by atomic mass is 10.0. The summed E-state index contributed by atoms with van der Waals surface area (Å²) in [7, 11) is 0. The molecule has 60 valence electrons. The van der Waals surface area contributed by atoms with Crippen molar-refractivity contribution in [1.29, 1.82) is 0 Å². The first-order valence-electron chi connectivity index (χ1n) is 3.84. The number of hydrogen-bond acceptors (Lipinski definition) is 1. The molecule has 10 heavy (non-hydrogen) atoms. The van der Waals surface area contributed by atoms with Crippen LogP contribution in [0.15, 0.2) is 0 Å². The van der Waals surface area contributed by atoms with Crippen molar-refractivity contribution in [1.82, 2.24) is 0 Å². The third kappa shape index (κ3) is 1.91. The summed E-state index contributed by atoms with van der Waals surface area (Å²) >= 11 is 5.64. The Balaban J connectivity index is 2.24. The maximum absolute atomic E-state index is 3.68. The summed E-state index contributed by atoms with van der Waals surface area (Å²) in [4.78, 5) is 0.729. The topological polar surface area (TPSA) is 0 Å². The lowest BCUT2D eigenvalue weighted by Crippen LogP contribution is -2.12. The van der Waals surface area contributed by atoms with Crippen LogP contribution in [0.25, 0.3) is 0 Å². The average molecular weight is 223 g/mol. The van der Waals surface area contributed by atoms with Gasteiger partial charge in [-0.05, 0) is 36.7 Å². The molecule has 0 heterocycles. The van der Waals surface area contributed by atoms with Gasteiger partial charge in [-0.1, -0.05) is 22.9 Å². The highest BCUT2D eigenvalue weighted by Gasteiger charge is 2.45. The summed E-state index contributed by atoms with van der Waals surface area (Å²) in [6.45, 7) is 2.29. The van der Waals surface area contributed by atoms with Crippen LogP contribution in [0.4, 0.5) is 0 Å². The van der Waals surface area contributed by atoms with Gasteiger partial charge in [0.25, 0.3) is 0 Å². The fraction of sp³-hybridized carbons (Fsp3) is 1.00. The molecule has 0 aromatic carbocycles. The van der Waals surface area contributed by atoms with Crippen molar-refractivity contribution < 1.29 is 0 Å². The van der Waals surface area contributed by atoms with Gasteiger partial charge in [0.1, 0.15) is 0 Å². The minimum Gasteiger partial charge on any atom is -0.165 e. The molecule has 1 atom stereocenters. The van der Waals surface area contributed by atoms with E-state index < -0.39 is 0 Å². The molecule has 1 aliphatic rings. The molecule has 2 heteroatoms. The largest absolute Gasteiger partial charge is 0.165 e. The molecule has 1 saturated carbocycles. The lowest BCUT2D eigenvalue weighted by Gasteiger charge is -2.16. The van der Waals surface area contributed by atoms with Gasteiger partial charge in [-0.15, -0.1) is 0 Å². The van der Waals surface area contributed by atoms with E-state index in [1.165, 1.54) is 25.0 Å². The summed E-state index contributed by atoms with van der Waals surface area (Å²) in [6, 6.07) is 0. The Bertz CT molecular complexity index is 108. The van der Waals surface area contributed by atoms with Gasteiger partial charge in [0.15, 0.2) is 0 Å². The summed E-state index contributed by atoms with van der Waals surface area (Å²) in [6.07, 6.45) is 6.48. The maximum Gasteiger partial charge on any atom is 0.0174 e. The van der Waals surface area contributed by atoms with Gasteiger partial charge >= 0.3 is 0 Å². The van der Waals surface area contributed by atoms with Gasteiger partial charge in [0, 0.05) is 4.83 Å². The molecular weight excluding hydrogens is 208 g/mol. The SMILES string of the molecule is CSCCC1(C(C)Br)CC1. The third-order valence-corrected chi connectivity index (χ3v) is 4.12. The second-order valence-corrected chi connectivity index (χ2v) is 5.58. The number of thioether (sulfide) groups is 1. The van der Waals surface area contributed by atoms with Gasteiger partial charge in [0.05, 0.1) is 0 Å². The van der Waals surface area contributed by atoms with Crippen LogP contribution >= 0.6 is 27.7 Å². The highest BCUT2D eigenvalue weighted by Crippen LogP contribution is 2.54. The molecule has 0 saturated heterocycles. The van der Waals surface area contributed by atoms with Crippen LogP contribution in [0.3, 0.4) is 0 Å². The Hall–Kier alpha value is 0.830. The Morgan fingerprint density at radius 2 is 2.20 bits per heavy atom. The average Bonchev–Trinajstić information content (AvgIpc) is 2.64. The normalized spacial score (nSPS) is 24.3. The predicted molar refractivity (Wildman–Crippen MR) is 53.1 cm³/mol. The zero-order valence-corrected chi connectivity index (χ0v) is 9.09. The maximum atomic E-state index is 3.68. The number of hydrogen-bond donors (Lipinski definition) is 0. The first-order chi connectivity index (χ1) is 4.71. The van der Waals surface area contributed by atoms with Crippen LogP contribution in [0, 0.1) is 5.41 Å². The van der Waals surface area contributed by atoms with Crippen molar-refractivity contribution in [3.05, 3.63) is 0 Å². The predicted octanol–water partition coefficient (Wildman–Crippen LogP) is 3.30. The summed E-state index contributed by atoms with van der Waals surface area (Å²) in [5.74, 6) is 1.33. The van der Waals surface area contributed by atoms with E-state index in [9.17, 15) is 0 Å². The molecule has 1 rings (SSSR count). The molecule has 0 N–H and O–H groups in total. The Morgan fingerprint density at radius 1 is 1.60 bits per heavy atom. The lowest BCUT2D eigenvalue weighted by molar-refractivity contribution is 0.498. The van der Waals surface area contributed by atoms with Crippen molar-refractivity contribution >= 4 is 27.7 Å². The molecule has 0 bridgehead atoms. The highest BCUT2D eigenvalue weighted by atomic mass is 79.9. The van der Waals surface area contributed by atoms with E-state index in [1.54, 1.807) is 0 Å². The smallest absolute Gasteiger partial charge is 0.0174 e. The van der Waals surface area contributed by atoms with E-state index in [2.05, 4.69) is 29.1 Å². The van der Waals surface area contributed by atoms with Crippen LogP contribution in [0.2, 0.25) is 0 Å². The molecule has 1 fully saturated rings. The number of rotatable bonds is 4. The first-order valence-corrected chi connectivity index (χ1v) is 6.15. The molecular formula is C8H15BrS. The van der Waals surface area contributed by atoms with Crippen LogP contribution in [-0.2, 0) is 0 Å². The minimum absolute atomic E-state index is 0.697. The van der Waals surface area contributed by atoms with E-state index >= 15 is 0 Å². The van der Waals surface area contributed by atoms with Crippen LogP contribution < -0.4 is 0 Å². The standard InChI is InChI=1S/C8H15BrS/c1-7(9)8(3-4-8)5-6-10-2/h7H,3-6H2,1-2H3. The molecule has 0 aliphatic heterocycles. The zero-order valence-electron chi connectivity index (χ0n) is 6.69. The van der Waals surface area contributed by atoms with E-state index in [-0.39, 0.29) is 0 Å². The van der Waals surface area contributed by atoms with Crippen molar-refractivity contribution in [3.63, 3.8) is 0 Å². The Labute approximate surface area is 76.3 Å². The van der Waals surface area contributed by atoms with E-state index in [0.717, 1.165) is 4.83 Å². The van der Waals surface area contributed by atoms with Crippen LogP contribution in [0.5, 0.6) is 0 Å². The van der Waals surface area contributed by atoms with Gasteiger partial charge < -0.3 is 0 Å². The van der Waals surface area contributed by atoms with E-state index in [1.807, 2.05) is 11.8 Å². The van der Waals surface area contributed by atoms with Gasteiger partial charge in [-0.25, -0.2) is 0 Å². The summed E-state index contributed by atoms with van der Waals surface area (Å²) < 4.78 is 0. The van der Waals surface area contributed by atoms with Crippen molar-refractivity contribution in [2.45, 2.75) is 31.0 Å². The van der Waals surface area contributed by atoms with Gasteiger partial charge in [0.2, 0.25) is 0 Å². The fourth-order valence-electron chi connectivity index (χ4n) is 1.31. The van der Waals surface area contributed by atoms with E-state index in [0.29, 0.717) is 5.41 Å². The molecule has 0 radical (unpaired) electrons. The zero-order chi connectivity index (χ0) is 7.61. The second-order valence-electron chi connectivity index (χ2n) is 3.22. The van der Waals surface area contributed by atoms with E-state index in [4.69, 9.17) is 0 Å². The molecule has 1 unspecified atom stereocenters. The molecule has 0 aromatic rings.